The first-order valence-corrected chi connectivity index (χ1v) is 8.91. The average Bonchev–Trinajstić information content (AvgIpc) is 2.38. The number of halogens is 1. The summed E-state index contributed by atoms with van der Waals surface area (Å²) in [7, 11) is -3.21. The van der Waals surface area contributed by atoms with Crippen molar-refractivity contribution in [2.24, 2.45) is 0 Å². The van der Waals surface area contributed by atoms with Gasteiger partial charge in [0.2, 0.25) is 0 Å². The smallest absolute Gasteiger partial charge is 0.175 e. The molecule has 1 unspecified atom stereocenters. The zero-order valence-electron chi connectivity index (χ0n) is 11.6. The number of benzene rings is 2. The van der Waals surface area contributed by atoms with Crippen LogP contribution in [0, 0.1) is 0 Å². The Balaban J connectivity index is 2.21. The molecule has 0 amide bonds. The second-order valence-electron chi connectivity index (χ2n) is 4.70. The summed E-state index contributed by atoms with van der Waals surface area (Å²) in [5.74, 6) is 1.14. The maximum absolute atomic E-state index is 11.4. The fourth-order valence-electron chi connectivity index (χ4n) is 1.80. The summed E-state index contributed by atoms with van der Waals surface area (Å²) in [4.78, 5) is 0.250. The van der Waals surface area contributed by atoms with Gasteiger partial charge in [-0.15, -0.1) is 0 Å². The standard InChI is InChI=1S/C15H15BrO4S/c1-10(17)14-8-5-12(9-15(14)16)20-11-3-6-13(7-4-11)21(2,18)19/h3-10,17H,1-2H3. The molecule has 1 atom stereocenters. The lowest BCUT2D eigenvalue weighted by Gasteiger charge is -2.11. The van der Waals surface area contributed by atoms with Gasteiger partial charge < -0.3 is 9.84 Å². The minimum absolute atomic E-state index is 0.250. The van der Waals surface area contributed by atoms with Crippen LogP contribution >= 0.6 is 15.9 Å². The van der Waals surface area contributed by atoms with E-state index in [0.717, 1.165) is 16.3 Å². The van der Waals surface area contributed by atoms with Gasteiger partial charge in [0.05, 0.1) is 11.0 Å². The second-order valence-corrected chi connectivity index (χ2v) is 7.57. The Hall–Kier alpha value is -1.37. The highest BCUT2D eigenvalue weighted by Gasteiger charge is 2.09. The van der Waals surface area contributed by atoms with E-state index in [-0.39, 0.29) is 4.90 Å². The number of ether oxygens (including phenoxy) is 1. The lowest BCUT2D eigenvalue weighted by molar-refractivity contribution is 0.198. The minimum Gasteiger partial charge on any atom is -0.457 e. The molecule has 2 aromatic rings. The molecule has 0 saturated carbocycles. The fraction of sp³-hybridized carbons (Fsp3) is 0.200. The molecule has 6 heteroatoms. The first-order valence-electron chi connectivity index (χ1n) is 6.23. The fourth-order valence-corrected chi connectivity index (χ4v) is 3.12. The van der Waals surface area contributed by atoms with Crippen LogP contribution in [-0.2, 0) is 9.84 Å². The van der Waals surface area contributed by atoms with Crippen molar-refractivity contribution >= 4 is 25.8 Å². The van der Waals surface area contributed by atoms with Crippen molar-refractivity contribution in [3.63, 3.8) is 0 Å². The molecule has 0 aromatic heterocycles. The van der Waals surface area contributed by atoms with Gasteiger partial charge in [-0.25, -0.2) is 8.42 Å². The van der Waals surface area contributed by atoms with E-state index in [1.807, 2.05) is 0 Å². The molecule has 0 aliphatic rings. The van der Waals surface area contributed by atoms with Crippen molar-refractivity contribution in [3.8, 4) is 11.5 Å². The lowest BCUT2D eigenvalue weighted by atomic mass is 10.1. The molecule has 0 heterocycles. The molecule has 21 heavy (non-hydrogen) atoms. The van der Waals surface area contributed by atoms with E-state index in [9.17, 15) is 13.5 Å². The van der Waals surface area contributed by atoms with Gasteiger partial charge in [-0.2, -0.15) is 0 Å². The maximum Gasteiger partial charge on any atom is 0.175 e. The van der Waals surface area contributed by atoms with Crippen LogP contribution in [0.1, 0.15) is 18.6 Å². The highest BCUT2D eigenvalue weighted by Crippen LogP contribution is 2.30. The Morgan fingerprint density at radius 2 is 1.67 bits per heavy atom. The first-order chi connectivity index (χ1) is 9.77. The summed E-state index contributed by atoms with van der Waals surface area (Å²) in [6.07, 6.45) is 0.594. The Labute approximate surface area is 132 Å². The van der Waals surface area contributed by atoms with Crippen molar-refractivity contribution in [2.45, 2.75) is 17.9 Å². The van der Waals surface area contributed by atoms with Crippen LogP contribution in [0.3, 0.4) is 0 Å². The monoisotopic (exact) mass is 370 g/mol. The predicted molar refractivity (Wildman–Crippen MR) is 84.4 cm³/mol. The molecule has 0 aliphatic heterocycles. The molecule has 0 fully saturated rings. The zero-order valence-corrected chi connectivity index (χ0v) is 14.0. The van der Waals surface area contributed by atoms with Gasteiger partial charge in [-0.05, 0) is 48.9 Å². The van der Waals surface area contributed by atoms with Crippen molar-refractivity contribution in [1.82, 2.24) is 0 Å². The number of hydrogen-bond donors (Lipinski definition) is 1. The molecule has 2 aromatic carbocycles. The van der Waals surface area contributed by atoms with Gasteiger partial charge in [-0.1, -0.05) is 22.0 Å². The van der Waals surface area contributed by atoms with Crippen molar-refractivity contribution in [2.75, 3.05) is 6.26 Å². The van der Waals surface area contributed by atoms with E-state index < -0.39 is 15.9 Å². The quantitative estimate of drug-likeness (QED) is 0.890. The van der Waals surface area contributed by atoms with Crippen LogP contribution in [0.4, 0.5) is 0 Å². The number of aliphatic hydroxyl groups excluding tert-OH is 1. The zero-order chi connectivity index (χ0) is 15.6. The Morgan fingerprint density at radius 1 is 1.10 bits per heavy atom. The molecule has 4 nitrogen and oxygen atoms in total. The summed E-state index contributed by atoms with van der Waals surface area (Å²) in [6.45, 7) is 1.69. The summed E-state index contributed by atoms with van der Waals surface area (Å²) < 4.78 is 29.2. The Morgan fingerprint density at radius 3 is 2.14 bits per heavy atom. The van der Waals surface area contributed by atoms with Crippen LogP contribution < -0.4 is 4.74 Å². The number of rotatable bonds is 4. The molecule has 112 valence electrons. The number of sulfone groups is 1. The highest BCUT2D eigenvalue weighted by molar-refractivity contribution is 9.10. The molecule has 0 radical (unpaired) electrons. The van der Waals surface area contributed by atoms with E-state index in [0.29, 0.717) is 11.5 Å². The topological polar surface area (TPSA) is 63.6 Å². The van der Waals surface area contributed by atoms with Crippen molar-refractivity contribution < 1.29 is 18.3 Å². The van der Waals surface area contributed by atoms with Crippen LogP contribution in [0.15, 0.2) is 51.8 Å². The molecule has 1 N–H and O–H groups in total. The molecular formula is C15H15BrO4S. The summed E-state index contributed by atoms with van der Waals surface area (Å²) >= 11 is 3.38. The lowest BCUT2D eigenvalue weighted by Crippen LogP contribution is -1.96. The summed E-state index contributed by atoms with van der Waals surface area (Å²) in [5.41, 5.74) is 0.773. The normalized spacial score (nSPS) is 13.0. The highest BCUT2D eigenvalue weighted by atomic mass is 79.9. The van der Waals surface area contributed by atoms with E-state index in [4.69, 9.17) is 4.74 Å². The number of aliphatic hydroxyl groups is 1. The predicted octanol–water partition coefficient (Wildman–Crippen LogP) is 3.70. The van der Waals surface area contributed by atoms with E-state index >= 15 is 0 Å². The third-order valence-electron chi connectivity index (χ3n) is 2.91. The van der Waals surface area contributed by atoms with Gasteiger partial charge in [0, 0.05) is 10.7 Å². The van der Waals surface area contributed by atoms with Crippen molar-refractivity contribution in [1.29, 1.82) is 0 Å². The van der Waals surface area contributed by atoms with Crippen molar-refractivity contribution in [3.05, 3.63) is 52.5 Å². The van der Waals surface area contributed by atoms with Gasteiger partial charge in [-0.3, -0.25) is 0 Å². The number of hydrogen-bond acceptors (Lipinski definition) is 4. The average molecular weight is 371 g/mol. The summed E-state index contributed by atoms with van der Waals surface area (Å²) in [5, 5.41) is 9.56. The Bertz CT molecular complexity index is 737. The van der Waals surface area contributed by atoms with Crippen LogP contribution in [0.2, 0.25) is 0 Å². The molecular weight excluding hydrogens is 356 g/mol. The molecule has 2 rings (SSSR count). The van der Waals surface area contributed by atoms with Crippen LogP contribution in [0.5, 0.6) is 11.5 Å². The van der Waals surface area contributed by atoms with E-state index in [1.54, 1.807) is 37.3 Å². The Kier molecular flexibility index (Phi) is 4.70. The third kappa shape index (κ3) is 4.06. The molecule has 0 aliphatic carbocycles. The molecule has 0 spiro atoms. The minimum atomic E-state index is -3.21. The third-order valence-corrected chi connectivity index (χ3v) is 4.72. The van der Waals surface area contributed by atoms with Gasteiger partial charge in [0.1, 0.15) is 11.5 Å². The molecule has 0 bridgehead atoms. The van der Waals surface area contributed by atoms with E-state index in [2.05, 4.69) is 15.9 Å². The maximum atomic E-state index is 11.4. The molecule has 0 saturated heterocycles. The van der Waals surface area contributed by atoms with Gasteiger partial charge in [0.15, 0.2) is 9.84 Å². The SMILES string of the molecule is CC(O)c1ccc(Oc2ccc(S(C)(=O)=O)cc2)cc1Br. The van der Waals surface area contributed by atoms with Crippen LogP contribution in [-0.4, -0.2) is 19.8 Å². The second kappa shape index (κ2) is 6.17. The van der Waals surface area contributed by atoms with Crippen LogP contribution in [0.25, 0.3) is 0 Å². The van der Waals surface area contributed by atoms with Gasteiger partial charge in [0.25, 0.3) is 0 Å². The van der Waals surface area contributed by atoms with Gasteiger partial charge >= 0.3 is 0 Å². The largest absolute Gasteiger partial charge is 0.457 e. The first kappa shape index (κ1) is 16.0. The van der Waals surface area contributed by atoms with E-state index in [1.165, 1.54) is 12.1 Å². The summed E-state index contributed by atoms with van der Waals surface area (Å²) in [6, 6.07) is 11.5.